The standard InChI is InChI=1S/C22H22GeN2S/c1-22(2)16-11-14-9-7-6-8-13(14)10-15(16)19-17-18(22)20(23(3,4)5)26-21(17)25-12-24-19/h6-12H,1-5H3. The van der Waals surface area contributed by atoms with E-state index in [9.17, 15) is 0 Å². The van der Waals surface area contributed by atoms with Crippen molar-refractivity contribution >= 4 is 49.3 Å². The Morgan fingerprint density at radius 3 is 2.35 bits per heavy atom. The van der Waals surface area contributed by atoms with Crippen molar-refractivity contribution < 1.29 is 0 Å². The second-order valence-electron chi connectivity index (χ2n) is 8.83. The molecule has 1 aliphatic carbocycles. The normalized spacial score (nSPS) is 15.4. The SMILES string of the molecule is CC1(C)c2cc3ccccc3cc2-c2ncnc3s[c]([Ge]([CH3])([CH3])[CH3])c1c23. The Hall–Kier alpha value is -1.72. The topological polar surface area (TPSA) is 25.8 Å². The van der Waals surface area contributed by atoms with E-state index >= 15 is 0 Å². The predicted molar refractivity (Wildman–Crippen MR) is 115 cm³/mol. The Morgan fingerprint density at radius 2 is 1.65 bits per heavy atom. The van der Waals surface area contributed by atoms with Crippen molar-refractivity contribution in [1.82, 2.24) is 9.97 Å². The van der Waals surface area contributed by atoms with E-state index in [1.54, 1.807) is 10.0 Å². The Labute approximate surface area is 160 Å². The second-order valence-corrected chi connectivity index (χ2v) is 21.1. The van der Waals surface area contributed by atoms with E-state index in [-0.39, 0.29) is 5.41 Å². The van der Waals surface area contributed by atoms with E-state index in [2.05, 4.69) is 72.5 Å². The predicted octanol–water partition coefficient (Wildman–Crippen LogP) is 5.70. The van der Waals surface area contributed by atoms with Crippen LogP contribution in [0.1, 0.15) is 25.0 Å². The molecule has 2 heterocycles. The van der Waals surface area contributed by atoms with Crippen LogP contribution >= 0.6 is 11.3 Å². The molecule has 0 amide bonds. The van der Waals surface area contributed by atoms with Crippen molar-refractivity contribution in [3.8, 4) is 11.3 Å². The average Bonchev–Trinajstić information content (AvgIpc) is 3.00. The summed E-state index contributed by atoms with van der Waals surface area (Å²) in [4.78, 5) is 10.6. The molecule has 0 spiro atoms. The maximum atomic E-state index is 4.76. The Balaban J connectivity index is 1.99. The van der Waals surface area contributed by atoms with Crippen LogP contribution in [0.15, 0.2) is 42.7 Å². The third kappa shape index (κ3) is 2.10. The minimum absolute atomic E-state index is 0.0246. The quantitative estimate of drug-likeness (QED) is 0.370. The molecule has 4 aromatic rings. The van der Waals surface area contributed by atoms with Crippen LogP contribution in [0.3, 0.4) is 0 Å². The van der Waals surface area contributed by atoms with Gasteiger partial charge in [0.2, 0.25) is 0 Å². The summed E-state index contributed by atoms with van der Waals surface area (Å²) in [5.74, 6) is 7.46. The van der Waals surface area contributed by atoms with Gasteiger partial charge < -0.3 is 0 Å². The van der Waals surface area contributed by atoms with Crippen LogP contribution in [0.5, 0.6) is 0 Å². The summed E-state index contributed by atoms with van der Waals surface area (Å²) in [6.07, 6.45) is 1.74. The molecule has 5 rings (SSSR count). The Morgan fingerprint density at radius 1 is 0.962 bits per heavy atom. The van der Waals surface area contributed by atoms with Gasteiger partial charge in [0.05, 0.1) is 0 Å². The van der Waals surface area contributed by atoms with Crippen LogP contribution < -0.4 is 3.71 Å². The van der Waals surface area contributed by atoms with Crippen LogP contribution in [0.2, 0.25) is 17.3 Å². The zero-order chi connectivity index (χ0) is 18.3. The van der Waals surface area contributed by atoms with Gasteiger partial charge in [0.25, 0.3) is 0 Å². The number of rotatable bonds is 1. The first-order valence-corrected chi connectivity index (χ1v) is 17.3. The molecule has 0 atom stereocenters. The van der Waals surface area contributed by atoms with E-state index in [4.69, 9.17) is 4.98 Å². The molecule has 4 heteroatoms. The van der Waals surface area contributed by atoms with E-state index in [0.29, 0.717) is 0 Å². The minimum atomic E-state index is -2.03. The van der Waals surface area contributed by atoms with Crippen LogP contribution in [0, 0.1) is 0 Å². The molecule has 1 aliphatic rings. The molecule has 2 nitrogen and oxygen atoms in total. The summed E-state index contributed by atoms with van der Waals surface area (Å²) in [6, 6.07) is 13.4. The number of nitrogens with zero attached hydrogens (tertiary/aromatic N) is 2. The van der Waals surface area contributed by atoms with Crippen molar-refractivity contribution in [2.75, 3.05) is 0 Å². The van der Waals surface area contributed by atoms with Crippen molar-refractivity contribution in [2.24, 2.45) is 0 Å². The fraction of sp³-hybridized carbons (Fsp3) is 0.273. The zero-order valence-corrected chi connectivity index (χ0v) is 18.8. The van der Waals surface area contributed by atoms with Gasteiger partial charge in [0.15, 0.2) is 0 Å². The third-order valence-corrected chi connectivity index (χ3v) is 13.7. The van der Waals surface area contributed by atoms with Crippen LogP contribution in [-0.2, 0) is 5.41 Å². The first kappa shape index (κ1) is 16.5. The van der Waals surface area contributed by atoms with Gasteiger partial charge in [-0.1, -0.05) is 0 Å². The Bertz CT molecular complexity index is 1200. The molecular formula is C22H22GeN2S. The molecule has 0 unspecified atom stereocenters. The van der Waals surface area contributed by atoms with Gasteiger partial charge in [-0.05, 0) is 0 Å². The van der Waals surface area contributed by atoms with Gasteiger partial charge in [0, 0.05) is 0 Å². The van der Waals surface area contributed by atoms with E-state index in [0.717, 1.165) is 10.5 Å². The third-order valence-electron chi connectivity index (χ3n) is 5.61. The number of fused-ring (bicyclic) bond motifs is 3. The molecule has 0 fully saturated rings. The number of thiophene rings is 1. The maximum absolute atomic E-state index is 4.76. The van der Waals surface area contributed by atoms with E-state index in [1.807, 2.05) is 11.3 Å². The molecule has 0 saturated carbocycles. The summed E-state index contributed by atoms with van der Waals surface area (Å²) in [5, 5.41) is 3.89. The summed E-state index contributed by atoms with van der Waals surface area (Å²) in [6.45, 7) is 4.77. The molecule has 2 aromatic heterocycles. The van der Waals surface area contributed by atoms with E-state index < -0.39 is 13.3 Å². The number of hydrogen-bond donors (Lipinski definition) is 0. The van der Waals surface area contributed by atoms with Crippen LogP contribution in [-0.4, -0.2) is 23.2 Å². The van der Waals surface area contributed by atoms with Crippen LogP contribution in [0.4, 0.5) is 0 Å². The molecule has 2 aromatic carbocycles. The fourth-order valence-electron chi connectivity index (χ4n) is 4.35. The van der Waals surface area contributed by atoms with Gasteiger partial charge >= 0.3 is 161 Å². The second kappa shape index (κ2) is 5.17. The molecule has 26 heavy (non-hydrogen) atoms. The first-order valence-electron chi connectivity index (χ1n) is 9.10. The summed E-state index contributed by atoms with van der Waals surface area (Å²) in [5.41, 5.74) is 5.28. The van der Waals surface area contributed by atoms with Crippen molar-refractivity contribution in [1.29, 1.82) is 0 Å². The van der Waals surface area contributed by atoms with E-state index in [1.165, 1.54) is 32.8 Å². The Kier molecular flexibility index (Phi) is 3.27. The molecule has 0 N–H and O–H groups in total. The van der Waals surface area contributed by atoms with Crippen molar-refractivity contribution in [3.63, 3.8) is 0 Å². The number of hydrogen-bond acceptors (Lipinski definition) is 3. The first-order chi connectivity index (χ1) is 12.3. The van der Waals surface area contributed by atoms with Crippen molar-refractivity contribution in [2.45, 2.75) is 36.5 Å². The fourth-order valence-corrected chi connectivity index (χ4v) is 10.7. The zero-order valence-electron chi connectivity index (χ0n) is 15.8. The van der Waals surface area contributed by atoms with Gasteiger partial charge in [-0.25, -0.2) is 0 Å². The molecular weight excluding hydrogens is 397 g/mol. The summed E-state index contributed by atoms with van der Waals surface area (Å²) < 4.78 is 1.62. The molecule has 130 valence electrons. The van der Waals surface area contributed by atoms with Crippen molar-refractivity contribution in [3.05, 3.63) is 53.9 Å². The molecule has 0 radical (unpaired) electrons. The summed E-state index contributed by atoms with van der Waals surface area (Å²) in [7, 11) is 0. The van der Waals surface area contributed by atoms with Crippen LogP contribution in [0.25, 0.3) is 32.2 Å². The van der Waals surface area contributed by atoms with Gasteiger partial charge in [-0.3, -0.25) is 0 Å². The van der Waals surface area contributed by atoms with Gasteiger partial charge in [-0.15, -0.1) is 0 Å². The number of aromatic nitrogens is 2. The monoisotopic (exact) mass is 420 g/mol. The summed E-state index contributed by atoms with van der Waals surface area (Å²) >= 11 is -0.115. The average molecular weight is 419 g/mol. The number of benzene rings is 2. The van der Waals surface area contributed by atoms with Gasteiger partial charge in [0.1, 0.15) is 0 Å². The molecule has 0 bridgehead atoms. The van der Waals surface area contributed by atoms with Gasteiger partial charge in [-0.2, -0.15) is 0 Å². The molecule has 0 saturated heterocycles. The molecule has 0 aliphatic heterocycles.